The molecule has 0 spiro atoms. The van der Waals surface area contributed by atoms with Crippen molar-refractivity contribution in [2.45, 2.75) is 18.2 Å². The Balaban J connectivity index is 2.21. The highest BCUT2D eigenvalue weighted by molar-refractivity contribution is 9.09. The van der Waals surface area contributed by atoms with Crippen LogP contribution in [-0.4, -0.2) is 7.11 Å². The highest BCUT2D eigenvalue weighted by Crippen LogP contribution is 2.39. The maximum Gasteiger partial charge on any atom is 0.122 e. The summed E-state index contributed by atoms with van der Waals surface area (Å²) in [4.78, 5) is 1.40. The number of hydrogen-bond acceptors (Lipinski definition) is 2. The molecule has 0 saturated carbocycles. The summed E-state index contributed by atoms with van der Waals surface area (Å²) in [5.41, 5.74) is 2.32. The fourth-order valence-corrected chi connectivity index (χ4v) is 4.15. The number of thiophene rings is 1. The molecule has 4 heteroatoms. The molecule has 0 aliphatic carbocycles. The van der Waals surface area contributed by atoms with Crippen molar-refractivity contribution in [2.24, 2.45) is 0 Å². The quantitative estimate of drug-likeness (QED) is 0.674. The Morgan fingerprint density at radius 2 is 2.11 bits per heavy atom. The van der Waals surface area contributed by atoms with Gasteiger partial charge in [-0.3, -0.25) is 0 Å². The molecule has 1 aromatic carbocycles. The van der Waals surface area contributed by atoms with Gasteiger partial charge in [-0.15, -0.1) is 11.3 Å². The molecule has 0 amide bonds. The Morgan fingerprint density at radius 1 is 1.39 bits per heavy atom. The summed E-state index contributed by atoms with van der Waals surface area (Å²) in [6.45, 7) is 2.03. The van der Waals surface area contributed by atoms with E-state index in [-0.39, 0.29) is 4.83 Å². The molecule has 0 bridgehead atoms. The van der Waals surface area contributed by atoms with Crippen LogP contribution >= 0.6 is 38.9 Å². The molecule has 0 radical (unpaired) electrons. The third kappa shape index (κ3) is 2.90. The van der Waals surface area contributed by atoms with Gasteiger partial charge < -0.3 is 4.74 Å². The number of hydrogen-bond donors (Lipinski definition) is 0. The van der Waals surface area contributed by atoms with Crippen LogP contribution in [0.15, 0.2) is 29.6 Å². The van der Waals surface area contributed by atoms with Crippen LogP contribution in [0.4, 0.5) is 0 Å². The van der Waals surface area contributed by atoms with Crippen LogP contribution in [0, 0.1) is 6.92 Å². The molecule has 1 heterocycles. The molecular formula is C14H14BrClOS. The lowest BCUT2D eigenvalue weighted by molar-refractivity contribution is 0.409. The van der Waals surface area contributed by atoms with Gasteiger partial charge in [0.2, 0.25) is 0 Å². The maximum atomic E-state index is 6.29. The molecule has 1 aromatic heterocycles. The summed E-state index contributed by atoms with van der Waals surface area (Å²) in [6.07, 6.45) is 0.865. The van der Waals surface area contributed by atoms with Gasteiger partial charge in [-0.05, 0) is 35.9 Å². The van der Waals surface area contributed by atoms with Crippen molar-refractivity contribution in [1.82, 2.24) is 0 Å². The first-order chi connectivity index (χ1) is 8.63. The zero-order valence-corrected chi connectivity index (χ0v) is 13.4. The Morgan fingerprint density at radius 3 is 2.72 bits per heavy atom. The fourth-order valence-electron chi connectivity index (χ4n) is 1.82. The van der Waals surface area contributed by atoms with Crippen molar-refractivity contribution in [1.29, 1.82) is 0 Å². The number of aryl methyl sites for hydroxylation is 1. The van der Waals surface area contributed by atoms with Gasteiger partial charge in [-0.2, -0.15) is 0 Å². The van der Waals surface area contributed by atoms with Gasteiger partial charge in [0.05, 0.1) is 17.0 Å². The third-order valence-electron chi connectivity index (χ3n) is 2.80. The van der Waals surface area contributed by atoms with Crippen LogP contribution in [0.3, 0.4) is 0 Å². The van der Waals surface area contributed by atoms with E-state index >= 15 is 0 Å². The first-order valence-electron chi connectivity index (χ1n) is 5.63. The van der Waals surface area contributed by atoms with Gasteiger partial charge in [0.15, 0.2) is 0 Å². The van der Waals surface area contributed by atoms with E-state index < -0.39 is 0 Å². The molecule has 0 saturated heterocycles. The first kappa shape index (κ1) is 13.9. The highest BCUT2D eigenvalue weighted by Gasteiger charge is 2.17. The highest BCUT2D eigenvalue weighted by atomic mass is 79.9. The number of ether oxygens (including phenoxy) is 1. The van der Waals surface area contributed by atoms with E-state index in [1.54, 1.807) is 18.4 Å². The number of para-hydroxylation sites is 1. The van der Waals surface area contributed by atoms with Crippen LogP contribution in [0.1, 0.15) is 20.8 Å². The summed E-state index contributed by atoms with van der Waals surface area (Å²) < 4.78 is 5.37. The smallest absolute Gasteiger partial charge is 0.122 e. The fraction of sp³-hybridized carbons (Fsp3) is 0.286. The number of benzene rings is 1. The summed E-state index contributed by atoms with van der Waals surface area (Å²) in [7, 11) is 1.70. The minimum atomic E-state index is 0.222. The van der Waals surface area contributed by atoms with Gasteiger partial charge in [0, 0.05) is 4.88 Å². The summed E-state index contributed by atoms with van der Waals surface area (Å²) in [5.74, 6) is 0.923. The van der Waals surface area contributed by atoms with Crippen molar-refractivity contribution in [3.63, 3.8) is 0 Å². The van der Waals surface area contributed by atoms with Crippen LogP contribution in [0.2, 0.25) is 5.02 Å². The second-order valence-electron chi connectivity index (χ2n) is 4.08. The number of methoxy groups -OCH3 is 1. The monoisotopic (exact) mass is 344 g/mol. The molecule has 96 valence electrons. The molecule has 0 N–H and O–H groups in total. The third-order valence-corrected chi connectivity index (χ3v) is 5.71. The molecule has 0 fully saturated rings. The minimum absolute atomic E-state index is 0.222. The van der Waals surface area contributed by atoms with E-state index in [2.05, 4.69) is 27.4 Å². The SMILES string of the molecule is COc1ccccc1CC(Br)c1scc(C)c1Cl. The van der Waals surface area contributed by atoms with Crippen molar-refractivity contribution < 1.29 is 4.74 Å². The second kappa shape index (κ2) is 6.09. The molecule has 1 atom stereocenters. The standard InChI is InChI=1S/C14H14BrClOS/c1-9-8-18-14(13(9)16)11(15)7-10-5-3-4-6-12(10)17-2/h3-6,8,11H,7H2,1-2H3. The number of rotatable bonds is 4. The Kier molecular flexibility index (Phi) is 4.71. The van der Waals surface area contributed by atoms with Gasteiger partial charge >= 0.3 is 0 Å². The largest absolute Gasteiger partial charge is 0.496 e. The van der Waals surface area contributed by atoms with Crippen molar-refractivity contribution in [2.75, 3.05) is 7.11 Å². The maximum absolute atomic E-state index is 6.29. The molecular weight excluding hydrogens is 332 g/mol. The second-order valence-corrected chi connectivity index (χ2v) is 6.47. The van der Waals surface area contributed by atoms with E-state index in [0.29, 0.717) is 0 Å². The summed E-state index contributed by atoms with van der Waals surface area (Å²) >= 11 is 11.7. The molecule has 0 aliphatic rings. The normalized spacial score (nSPS) is 12.4. The minimum Gasteiger partial charge on any atom is -0.496 e. The van der Waals surface area contributed by atoms with E-state index in [0.717, 1.165) is 22.8 Å². The molecule has 2 aromatic rings. The van der Waals surface area contributed by atoms with Crippen molar-refractivity contribution in [3.8, 4) is 5.75 Å². The Labute approximate surface area is 125 Å². The van der Waals surface area contributed by atoms with Gasteiger partial charge in [0.1, 0.15) is 5.75 Å². The lowest BCUT2D eigenvalue weighted by atomic mass is 10.1. The molecule has 2 rings (SSSR count). The predicted molar refractivity (Wildman–Crippen MR) is 82.4 cm³/mol. The number of alkyl halides is 1. The lowest BCUT2D eigenvalue weighted by Crippen LogP contribution is -1.97. The Hall–Kier alpha value is -0.510. The molecule has 0 aliphatic heterocycles. The van der Waals surface area contributed by atoms with E-state index in [1.807, 2.05) is 25.1 Å². The summed E-state index contributed by atoms with van der Waals surface area (Å²) in [6, 6.07) is 8.07. The first-order valence-corrected chi connectivity index (χ1v) is 7.80. The van der Waals surface area contributed by atoms with Gasteiger partial charge in [-0.25, -0.2) is 0 Å². The average Bonchev–Trinajstić information content (AvgIpc) is 2.71. The van der Waals surface area contributed by atoms with Crippen molar-refractivity contribution >= 4 is 38.9 Å². The van der Waals surface area contributed by atoms with Crippen molar-refractivity contribution in [3.05, 3.63) is 50.7 Å². The van der Waals surface area contributed by atoms with Crippen LogP contribution in [-0.2, 0) is 6.42 Å². The lowest BCUT2D eigenvalue weighted by Gasteiger charge is -2.12. The van der Waals surface area contributed by atoms with Crippen LogP contribution in [0.5, 0.6) is 5.75 Å². The topological polar surface area (TPSA) is 9.23 Å². The van der Waals surface area contributed by atoms with Gasteiger partial charge in [0.25, 0.3) is 0 Å². The molecule has 18 heavy (non-hydrogen) atoms. The van der Waals surface area contributed by atoms with E-state index in [9.17, 15) is 0 Å². The van der Waals surface area contributed by atoms with E-state index in [1.165, 1.54) is 10.4 Å². The van der Waals surface area contributed by atoms with E-state index in [4.69, 9.17) is 16.3 Å². The zero-order chi connectivity index (χ0) is 13.1. The molecule has 1 nitrogen and oxygen atoms in total. The van der Waals surface area contributed by atoms with Crippen LogP contribution < -0.4 is 4.74 Å². The number of halogens is 2. The molecule has 1 unspecified atom stereocenters. The predicted octanol–water partition coefficient (Wildman–Crippen LogP) is 5.40. The average molecular weight is 346 g/mol. The Bertz CT molecular complexity index is 538. The summed E-state index contributed by atoms with van der Waals surface area (Å²) in [5, 5.41) is 2.96. The van der Waals surface area contributed by atoms with Gasteiger partial charge in [-0.1, -0.05) is 45.7 Å². The zero-order valence-electron chi connectivity index (χ0n) is 10.2. The van der Waals surface area contributed by atoms with Crippen LogP contribution in [0.25, 0.3) is 0 Å².